The highest BCUT2D eigenvalue weighted by Crippen LogP contribution is 2.21. The van der Waals surface area contributed by atoms with E-state index in [0.29, 0.717) is 48.7 Å². The molecule has 2 aromatic rings. The Morgan fingerprint density at radius 3 is 1.12 bits per heavy atom. The van der Waals surface area contributed by atoms with Crippen LogP contribution in [0.4, 0.5) is 0 Å². The van der Waals surface area contributed by atoms with Crippen LogP contribution in [-0.2, 0) is 64.0 Å². The highest BCUT2D eigenvalue weighted by molar-refractivity contribution is 6.00. The SMILES string of the molecule is CC[C@H](C)[C@H](NC(=O)[C@H](CCCN=C(N)N)NC(=O)[C@@H](NC(=O)[C@H](C)NC(=O)[C@@H](NC(=O)[C@@H](NC(=O)[C@H](CC(C)C)NC(=O)[C@H](CCCN=C(N)N)NC(=O)[C@@H](N)CCCCN=C(N)N)[C@@H](C)CC)C(C)C)C(C)C)C(=O)N[C@@H](Cc1c[nH]c2ccccc12)C(=O)N[C@@H](CCCN=C(N)N)C(=O)N[C@@H](CCCN=C(N)N)C(N)=O. The number of nitrogens with zero attached hydrogens (tertiary/aromatic N) is 5. The van der Waals surface area contributed by atoms with E-state index in [0.717, 1.165) is 0 Å². The van der Waals surface area contributed by atoms with Crippen LogP contribution < -0.4 is 127 Å². The summed E-state index contributed by atoms with van der Waals surface area (Å²) in [5.41, 5.74) is 68.5. The van der Waals surface area contributed by atoms with Crippen LogP contribution in [0, 0.1) is 29.6 Å². The van der Waals surface area contributed by atoms with Crippen molar-refractivity contribution in [3.63, 3.8) is 0 Å². The van der Waals surface area contributed by atoms with Gasteiger partial charge in [-0.2, -0.15) is 0 Å². The third kappa shape index (κ3) is 36.9. The minimum Gasteiger partial charge on any atom is -0.370 e. The van der Waals surface area contributed by atoms with E-state index in [9.17, 15) is 57.5 Å². The first-order valence-corrected chi connectivity index (χ1v) is 38.8. The van der Waals surface area contributed by atoms with Gasteiger partial charge in [-0.3, -0.25) is 82.5 Å². The second kappa shape index (κ2) is 51.4. The lowest BCUT2D eigenvalue weighted by molar-refractivity contribution is -0.137. The number of hydrogen-bond acceptors (Lipinski definition) is 18. The maximum atomic E-state index is 15.0. The van der Waals surface area contributed by atoms with Crippen molar-refractivity contribution in [3.8, 4) is 0 Å². The molecule has 0 aliphatic heterocycles. The number of aromatic amines is 1. The van der Waals surface area contributed by atoms with Crippen molar-refractivity contribution in [2.24, 2.45) is 123 Å². The summed E-state index contributed by atoms with van der Waals surface area (Å²) in [5, 5.41) is 30.7. The topological polar surface area (TPSA) is 727 Å². The zero-order valence-corrected chi connectivity index (χ0v) is 67.9. The van der Waals surface area contributed by atoms with E-state index in [1.165, 1.54) is 6.92 Å². The standard InChI is InChI=1S/C73H131N29O12/c1-12-40(9)55(67(113)98-52(35-43-36-91-46-24-15-14-22-44(43)46)63(109)95-49(27-20-32-89-72(82)83)60(106)93-47(57(75)103)25-18-30-87-70(78)79)101-62(108)50(28-21-33-90-73(84)85)96-66(112)54(39(7)8)99-58(104)42(11)92-65(111)53(38(5)6)100-68(114)56(41(10)13-2)102-64(110)51(34-37(3)4)97-61(107)48(26-19-31-88-71(80)81)94-59(105)45(74)23-16-17-29-86-69(76)77/h14-15,22,24,36-42,45,47-56,91H,12-13,16-21,23,25-35,74H2,1-11H3,(H2,75,103)(H,92,111)(H,93,106)(H,94,105)(H,95,109)(H,96,112)(H,97,107)(H,98,113)(H,99,104)(H,100,114)(H,101,108)(H,102,110)(H4,76,77,86)(H4,78,79,87)(H4,80,81,88)(H4,82,83,89)(H4,84,85,90)/t40-,41-,42-,45-,47-,48-,49-,50-,51-,52-,53-,54-,55-,56-/m0/s1. The Morgan fingerprint density at radius 1 is 0.360 bits per heavy atom. The Bertz CT molecular complexity index is 3620. The van der Waals surface area contributed by atoms with Gasteiger partial charge in [-0.25, -0.2) is 0 Å². The van der Waals surface area contributed by atoms with Gasteiger partial charge in [0.25, 0.3) is 0 Å². The van der Waals surface area contributed by atoms with Crippen LogP contribution in [-0.4, -0.2) is 211 Å². The average molecular weight is 1610 g/mol. The van der Waals surface area contributed by atoms with E-state index >= 15 is 0 Å². The Morgan fingerprint density at radius 2 is 0.693 bits per heavy atom. The first-order valence-electron chi connectivity index (χ1n) is 38.8. The zero-order chi connectivity index (χ0) is 86.1. The van der Waals surface area contributed by atoms with E-state index in [1.807, 2.05) is 19.9 Å². The summed E-state index contributed by atoms with van der Waals surface area (Å²) in [7, 11) is 0. The largest absolute Gasteiger partial charge is 0.370 e. The minimum absolute atomic E-state index is 0.000663. The minimum atomic E-state index is -1.45. The summed E-state index contributed by atoms with van der Waals surface area (Å²) in [6.07, 6.45) is 4.17. The lowest BCUT2D eigenvalue weighted by Gasteiger charge is -2.31. The van der Waals surface area contributed by atoms with Crippen molar-refractivity contribution in [3.05, 3.63) is 36.0 Å². The number of nitrogens with one attached hydrogen (secondary N) is 12. The number of carbonyl (C=O) groups is 12. The Balaban J connectivity index is 2.50. The smallest absolute Gasteiger partial charge is 0.243 e. The summed E-state index contributed by atoms with van der Waals surface area (Å²) >= 11 is 0. The molecule has 1 aromatic heterocycles. The lowest BCUT2D eigenvalue weighted by Crippen LogP contribution is -2.62. The predicted octanol–water partition coefficient (Wildman–Crippen LogP) is -5.02. The maximum absolute atomic E-state index is 15.0. The van der Waals surface area contributed by atoms with Crippen molar-refractivity contribution < 1.29 is 57.5 Å². The molecule has 0 aliphatic carbocycles. The van der Waals surface area contributed by atoms with Gasteiger partial charge in [-0.15, -0.1) is 0 Å². The number of unbranched alkanes of at least 4 members (excludes halogenated alkanes) is 1. The molecule has 0 fully saturated rings. The second-order valence-electron chi connectivity index (χ2n) is 29.6. The molecule has 14 atom stereocenters. The number of hydrogen-bond donors (Lipinski definition) is 24. The molecule has 0 aliphatic rings. The highest BCUT2D eigenvalue weighted by atomic mass is 16.2. The number of rotatable bonds is 54. The van der Waals surface area contributed by atoms with Crippen LogP contribution in [0.25, 0.3) is 10.9 Å². The number of H-pyrrole nitrogens is 1. The van der Waals surface area contributed by atoms with Gasteiger partial charge >= 0.3 is 0 Å². The van der Waals surface area contributed by atoms with E-state index in [-0.39, 0.29) is 133 Å². The lowest BCUT2D eigenvalue weighted by atomic mass is 9.95. The number of nitrogens with two attached hydrogens (primary N) is 12. The van der Waals surface area contributed by atoms with E-state index < -0.39 is 167 Å². The van der Waals surface area contributed by atoms with E-state index in [1.54, 1.807) is 79.8 Å². The van der Waals surface area contributed by atoms with Crippen LogP contribution in [0.15, 0.2) is 55.4 Å². The monoisotopic (exact) mass is 1610 g/mol. The van der Waals surface area contributed by atoms with Gasteiger partial charge in [0.1, 0.15) is 66.5 Å². The number of fused-ring (bicyclic) bond motifs is 1. The van der Waals surface area contributed by atoms with Crippen LogP contribution in [0.3, 0.4) is 0 Å². The quantitative estimate of drug-likeness (QED) is 0.0167. The van der Waals surface area contributed by atoms with Crippen molar-refractivity contribution >= 4 is 112 Å². The number of carbonyl (C=O) groups excluding carboxylic acids is 12. The molecule has 36 N–H and O–H groups in total. The number of primary amides is 1. The molecule has 12 amide bonds. The Labute approximate surface area is 667 Å². The van der Waals surface area contributed by atoms with Crippen LogP contribution in [0.1, 0.15) is 172 Å². The first-order chi connectivity index (χ1) is 53.6. The number of guanidine groups is 5. The van der Waals surface area contributed by atoms with Gasteiger partial charge in [0.15, 0.2) is 29.8 Å². The molecule has 0 bridgehead atoms. The van der Waals surface area contributed by atoms with Crippen LogP contribution in [0.5, 0.6) is 0 Å². The summed E-state index contributed by atoms with van der Waals surface area (Å²) in [6, 6.07) is -8.39. The number of aliphatic imine (C=N–C) groups is 5. The van der Waals surface area contributed by atoms with Crippen molar-refractivity contribution in [1.29, 1.82) is 0 Å². The third-order valence-electron chi connectivity index (χ3n) is 18.8. The predicted molar refractivity (Wildman–Crippen MR) is 438 cm³/mol. The molecule has 1 aromatic carbocycles. The molecular weight excluding hydrogens is 1470 g/mol. The normalized spacial score (nSPS) is 14.9. The van der Waals surface area contributed by atoms with Gasteiger partial charge in [-0.1, -0.05) is 100 Å². The molecule has 0 unspecified atom stereocenters. The van der Waals surface area contributed by atoms with Gasteiger partial charge in [0.2, 0.25) is 70.9 Å². The van der Waals surface area contributed by atoms with Crippen LogP contribution >= 0.6 is 0 Å². The molecule has 1 heterocycles. The van der Waals surface area contributed by atoms with E-state index in [2.05, 4.69) is 88.4 Å². The molecule has 0 saturated carbocycles. The Hall–Kier alpha value is -11.3. The molecule has 640 valence electrons. The third-order valence-corrected chi connectivity index (χ3v) is 18.8. The summed E-state index contributed by atoms with van der Waals surface area (Å²) in [6.45, 7) is 19.1. The second-order valence-corrected chi connectivity index (χ2v) is 29.6. The number of amides is 12. The molecule has 0 spiro atoms. The van der Waals surface area contributed by atoms with Crippen molar-refractivity contribution in [1.82, 2.24) is 63.5 Å². The number of benzene rings is 1. The molecule has 2 rings (SSSR count). The fourth-order valence-electron chi connectivity index (χ4n) is 11.8. The van der Waals surface area contributed by atoms with E-state index in [4.69, 9.17) is 68.8 Å². The summed E-state index contributed by atoms with van der Waals surface area (Å²) in [5.74, 6) is -13.1. The van der Waals surface area contributed by atoms with Gasteiger partial charge in [0, 0.05) is 56.2 Å². The number of para-hydroxylation sites is 1. The molecular formula is C73H131N29O12. The van der Waals surface area contributed by atoms with Crippen molar-refractivity contribution in [2.45, 2.75) is 245 Å². The molecule has 0 saturated heterocycles. The zero-order valence-electron chi connectivity index (χ0n) is 67.9. The fourth-order valence-corrected chi connectivity index (χ4v) is 11.8. The van der Waals surface area contributed by atoms with Gasteiger partial charge in [0.05, 0.1) is 6.04 Å². The number of aromatic nitrogens is 1. The first kappa shape index (κ1) is 98.8. The molecule has 41 heteroatoms. The summed E-state index contributed by atoms with van der Waals surface area (Å²) in [4.78, 5) is 194. The maximum Gasteiger partial charge on any atom is 0.243 e. The molecule has 41 nitrogen and oxygen atoms in total. The Kier molecular flexibility index (Phi) is 44.5. The molecule has 0 radical (unpaired) electrons. The molecule has 114 heavy (non-hydrogen) atoms. The average Bonchev–Trinajstić information content (AvgIpc) is 1.63. The highest BCUT2D eigenvalue weighted by Gasteiger charge is 2.39. The summed E-state index contributed by atoms with van der Waals surface area (Å²) < 4.78 is 0. The van der Waals surface area contributed by atoms with Gasteiger partial charge < -0.3 is 132 Å². The van der Waals surface area contributed by atoms with Crippen LogP contribution in [0.2, 0.25) is 0 Å². The van der Waals surface area contributed by atoms with Gasteiger partial charge in [-0.05, 0) is 125 Å². The fraction of sp³-hybridized carbons (Fsp3) is 0.658. The van der Waals surface area contributed by atoms with Crippen molar-refractivity contribution in [2.75, 3.05) is 32.7 Å².